The highest BCUT2D eigenvalue weighted by atomic mass is 127. The molecule has 1 heteroatoms. The first kappa shape index (κ1) is 22.3. The van der Waals surface area contributed by atoms with Crippen molar-refractivity contribution in [3.8, 4) is 33.4 Å². The monoisotopic (exact) mass is 582 g/mol. The molecule has 0 aromatic heterocycles. The van der Waals surface area contributed by atoms with Crippen LogP contribution in [0, 0.1) is 3.57 Å². The van der Waals surface area contributed by atoms with Crippen LogP contribution >= 0.6 is 22.6 Å². The fourth-order valence-electron chi connectivity index (χ4n) is 5.44. The zero-order valence-corrected chi connectivity index (χ0v) is 22.3. The fourth-order valence-corrected chi connectivity index (χ4v) is 6.51. The van der Waals surface area contributed by atoms with E-state index in [-0.39, 0.29) is 0 Å². The van der Waals surface area contributed by atoms with Gasteiger partial charge in [-0.3, -0.25) is 0 Å². The molecule has 7 rings (SSSR count). The maximum atomic E-state index is 2.55. The molecular formula is C36H23I. The number of hydrogen-bond acceptors (Lipinski definition) is 0. The second kappa shape index (κ2) is 9.17. The molecule has 0 spiro atoms. The predicted octanol–water partition coefficient (Wildman–Crippen LogP) is 10.8. The van der Waals surface area contributed by atoms with Crippen molar-refractivity contribution in [3.05, 3.63) is 143 Å². The molecular weight excluding hydrogens is 559 g/mol. The van der Waals surface area contributed by atoms with Gasteiger partial charge >= 0.3 is 0 Å². The summed E-state index contributed by atoms with van der Waals surface area (Å²) in [6, 6.07) is 50.7. The van der Waals surface area contributed by atoms with Gasteiger partial charge in [-0.2, -0.15) is 0 Å². The average Bonchev–Trinajstić information content (AvgIpc) is 2.97. The van der Waals surface area contributed by atoms with Crippen LogP contribution in [0.15, 0.2) is 140 Å². The average molecular weight is 582 g/mol. The highest BCUT2D eigenvalue weighted by Crippen LogP contribution is 2.41. The van der Waals surface area contributed by atoms with Crippen LogP contribution in [0.1, 0.15) is 0 Å². The van der Waals surface area contributed by atoms with Crippen LogP contribution in [0.5, 0.6) is 0 Å². The molecule has 0 fully saturated rings. The summed E-state index contributed by atoms with van der Waals surface area (Å²) < 4.78 is 1.30. The van der Waals surface area contributed by atoms with Gasteiger partial charge in [-0.1, -0.05) is 127 Å². The Morgan fingerprint density at radius 3 is 1.68 bits per heavy atom. The van der Waals surface area contributed by atoms with Crippen molar-refractivity contribution in [3.63, 3.8) is 0 Å². The first-order valence-electron chi connectivity index (χ1n) is 12.6. The van der Waals surface area contributed by atoms with Gasteiger partial charge in [0.05, 0.1) is 0 Å². The minimum atomic E-state index is 1.24. The smallest absolute Gasteiger partial charge is 0.0293 e. The quantitative estimate of drug-likeness (QED) is 0.144. The second-order valence-electron chi connectivity index (χ2n) is 9.50. The minimum absolute atomic E-state index is 1.24. The number of benzene rings is 7. The lowest BCUT2D eigenvalue weighted by Crippen LogP contribution is -1.91. The molecule has 0 radical (unpaired) electrons. The van der Waals surface area contributed by atoms with Crippen molar-refractivity contribution in [2.45, 2.75) is 0 Å². The molecule has 37 heavy (non-hydrogen) atoms. The van der Waals surface area contributed by atoms with E-state index in [0.29, 0.717) is 0 Å². The molecule has 0 N–H and O–H groups in total. The van der Waals surface area contributed by atoms with Crippen molar-refractivity contribution in [2.75, 3.05) is 0 Å². The van der Waals surface area contributed by atoms with Crippen LogP contribution in [0.25, 0.3) is 65.7 Å². The van der Waals surface area contributed by atoms with Gasteiger partial charge in [0.2, 0.25) is 0 Å². The number of fused-ring (bicyclic) bond motifs is 4. The summed E-state index contributed by atoms with van der Waals surface area (Å²) in [5.74, 6) is 0. The SMILES string of the molecule is Ic1c(-c2ccc(-c3ccc4ccccc4c3)cc2)c2cc(-c3ccccc3)ccc2c2ccccc12. The Kier molecular flexibility index (Phi) is 5.52. The maximum absolute atomic E-state index is 2.55. The molecule has 0 aliphatic rings. The van der Waals surface area contributed by atoms with Gasteiger partial charge in [0, 0.05) is 9.13 Å². The first-order valence-corrected chi connectivity index (χ1v) is 13.6. The predicted molar refractivity (Wildman–Crippen MR) is 168 cm³/mol. The Balaban J connectivity index is 1.42. The van der Waals surface area contributed by atoms with E-state index in [9.17, 15) is 0 Å². The van der Waals surface area contributed by atoms with Crippen molar-refractivity contribution in [2.24, 2.45) is 0 Å². The zero-order valence-electron chi connectivity index (χ0n) is 20.2. The summed E-state index contributed by atoms with van der Waals surface area (Å²) in [5.41, 5.74) is 7.51. The third-order valence-electron chi connectivity index (χ3n) is 7.33. The molecule has 0 amide bonds. The van der Waals surface area contributed by atoms with Crippen LogP contribution in [0.4, 0.5) is 0 Å². The molecule has 0 atom stereocenters. The third-order valence-corrected chi connectivity index (χ3v) is 8.45. The summed E-state index contributed by atoms with van der Waals surface area (Å²) in [5, 5.41) is 7.74. The molecule has 0 aliphatic heterocycles. The summed E-state index contributed by atoms with van der Waals surface area (Å²) in [4.78, 5) is 0. The van der Waals surface area contributed by atoms with E-state index >= 15 is 0 Å². The van der Waals surface area contributed by atoms with Gasteiger partial charge in [0.25, 0.3) is 0 Å². The topological polar surface area (TPSA) is 0 Å². The van der Waals surface area contributed by atoms with E-state index in [0.717, 1.165) is 0 Å². The highest BCUT2D eigenvalue weighted by Gasteiger charge is 2.15. The van der Waals surface area contributed by atoms with Gasteiger partial charge in [-0.15, -0.1) is 0 Å². The van der Waals surface area contributed by atoms with Crippen molar-refractivity contribution < 1.29 is 0 Å². The normalized spacial score (nSPS) is 11.4. The molecule has 0 unspecified atom stereocenters. The molecule has 0 saturated carbocycles. The van der Waals surface area contributed by atoms with Crippen molar-refractivity contribution in [1.29, 1.82) is 0 Å². The molecule has 0 nitrogen and oxygen atoms in total. The van der Waals surface area contributed by atoms with Gasteiger partial charge < -0.3 is 0 Å². The molecule has 174 valence electrons. The Bertz CT molecular complexity index is 1920. The van der Waals surface area contributed by atoms with E-state index in [4.69, 9.17) is 0 Å². The minimum Gasteiger partial charge on any atom is -0.0622 e. The van der Waals surface area contributed by atoms with Gasteiger partial charge in [0.1, 0.15) is 0 Å². The summed E-state index contributed by atoms with van der Waals surface area (Å²) in [7, 11) is 0. The lowest BCUT2D eigenvalue weighted by atomic mass is 9.90. The molecule has 0 saturated heterocycles. The Labute approximate surface area is 230 Å². The molecule has 7 aromatic rings. The van der Waals surface area contributed by atoms with E-state index in [1.165, 1.54) is 69.3 Å². The van der Waals surface area contributed by atoms with Crippen molar-refractivity contribution >= 4 is 54.9 Å². The molecule has 0 aliphatic carbocycles. The van der Waals surface area contributed by atoms with Gasteiger partial charge in [-0.05, 0) is 94.9 Å². The number of halogens is 1. The Morgan fingerprint density at radius 2 is 0.865 bits per heavy atom. The first-order chi connectivity index (χ1) is 18.3. The largest absolute Gasteiger partial charge is 0.0622 e. The van der Waals surface area contributed by atoms with Crippen LogP contribution in [-0.2, 0) is 0 Å². The summed E-state index contributed by atoms with van der Waals surface area (Å²) in [6.45, 7) is 0. The maximum Gasteiger partial charge on any atom is 0.0293 e. The van der Waals surface area contributed by atoms with E-state index in [1.807, 2.05) is 0 Å². The lowest BCUT2D eigenvalue weighted by molar-refractivity contribution is 1.61. The highest BCUT2D eigenvalue weighted by molar-refractivity contribution is 14.1. The Hall–Kier alpha value is -3.95. The summed E-state index contributed by atoms with van der Waals surface area (Å²) >= 11 is 2.55. The number of rotatable bonds is 3. The van der Waals surface area contributed by atoms with E-state index in [1.54, 1.807) is 0 Å². The Morgan fingerprint density at radius 1 is 0.324 bits per heavy atom. The van der Waals surface area contributed by atoms with Crippen LogP contribution in [0.2, 0.25) is 0 Å². The van der Waals surface area contributed by atoms with Gasteiger partial charge in [-0.25, -0.2) is 0 Å². The third kappa shape index (κ3) is 3.91. The van der Waals surface area contributed by atoms with Crippen LogP contribution in [-0.4, -0.2) is 0 Å². The van der Waals surface area contributed by atoms with Crippen molar-refractivity contribution in [1.82, 2.24) is 0 Å². The molecule has 7 aromatic carbocycles. The molecule has 0 bridgehead atoms. The lowest BCUT2D eigenvalue weighted by Gasteiger charge is -2.16. The second-order valence-corrected chi connectivity index (χ2v) is 10.6. The molecule has 0 heterocycles. The van der Waals surface area contributed by atoms with Crippen LogP contribution < -0.4 is 0 Å². The zero-order chi connectivity index (χ0) is 24.8. The van der Waals surface area contributed by atoms with E-state index in [2.05, 4.69) is 162 Å². The standard InChI is InChI=1S/C36H23I/c37-36-33-13-7-6-12-31(33)32-21-20-30(24-8-2-1-3-9-24)23-34(32)35(36)27-17-14-26(15-18-27)29-19-16-25-10-4-5-11-28(25)22-29/h1-23H. The number of hydrogen-bond donors (Lipinski definition) is 0. The van der Waals surface area contributed by atoms with E-state index < -0.39 is 0 Å². The van der Waals surface area contributed by atoms with Gasteiger partial charge in [0.15, 0.2) is 0 Å². The fraction of sp³-hybridized carbons (Fsp3) is 0. The van der Waals surface area contributed by atoms with Crippen LogP contribution in [0.3, 0.4) is 0 Å². The summed E-state index contributed by atoms with van der Waals surface area (Å²) in [6.07, 6.45) is 0.